The van der Waals surface area contributed by atoms with E-state index in [1.165, 1.54) is 6.07 Å². The number of benzene rings is 1. The van der Waals surface area contributed by atoms with Crippen LogP contribution in [-0.4, -0.2) is 52.2 Å². The maximum Gasteiger partial charge on any atom is 0.241 e. The van der Waals surface area contributed by atoms with Crippen LogP contribution in [-0.2, 0) is 14.8 Å². The van der Waals surface area contributed by atoms with Crippen molar-refractivity contribution in [1.82, 2.24) is 9.62 Å². The Morgan fingerprint density at radius 3 is 2.71 bits per heavy atom. The molecule has 1 aliphatic heterocycles. The lowest BCUT2D eigenvalue weighted by Crippen LogP contribution is -2.45. The lowest BCUT2D eigenvalue weighted by Gasteiger charge is -2.29. The van der Waals surface area contributed by atoms with E-state index < -0.39 is 15.8 Å². The first kappa shape index (κ1) is 16.8. The normalized spacial score (nSPS) is 18.6. The molecule has 5 nitrogen and oxygen atoms in total. The van der Waals surface area contributed by atoms with Crippen molar-refractivity contribution in [1.29, 1.82) is 0 Å². The summed E-state index contributed by atoms with van der Waals surface area (Å²) < 4.78 is 45.8. The van der Waals surface area contributed by atoms with E-state index in [1.807, 2.05) is 6.92 Å². The summed E-state index contributed by atoms with van der Waals surface area (Å²) in [5, 5.41) is 0. The third kappa shape index (κ3) is 4.72. The Labute approximate surface area is 132 Å². The largest absolute Gasteiger partial charge is 0.379 e. The SMILES string of the molecule is CC(CN1CCOCC1)NS(=O)(=O)c1ccc(F)cc1Br. The average molecular weight is 381 g/mol. The van der Waals surface area contributed by atoms with Gasteiger partial charge in [0.1, 0.15) is 5.82 Å². The van der Waals surface area contributed by atoms with E-state index in [0.717, 1.165) is 25.2 Å². The Balaban J connectivity index is 2.02. The predicted octanol–water partition coefficient (Wildman–Crippen LogP) is 1.59. The van der Waals surface area contributed by atoms with Crippen LogP contribution >= 0.6 is 15.9 Å². The zero-order chi connectivity index (χ0) is 15.5. The van der Waals surface area contributed by atoms with Gasteiger partial charge in [-0.25, -0.2) is 17.5 Å². The Morgan fingerprint density at radius 1 is 1.43 bits per heavy atom. The number of sulfonamides is 1. The van der Waals surface area contributed by atoms with Gasteiger partial charge >= 0.3 is 0 Å². The van der Waals surface area contributed by atoms with Crippen molar-refractivity contribution < 1.29 is 17.5 Å². The summed E-state index contributed by atoms with van der Waals surface area (Å²) in [4.78, 5) is 2.19. The van der Waals surface area contributed by atoms with Gasteiger partial charge in [-0.3, -0.25) is 4.90 Å². The van der Waals surface area contributed by atoms with Crippen molar-refractivity contribution in [2.75, 3.05) is 32.8 Å². The van der Waals surface area contributed by atoms with E-state index in [0.29, 0.717) is 19.8 Å². The number of rotatable bonds is 5. The Morgan fingerprint density at radius 2 is 2.10 bits per heavy atom. The van der Waals surface area contributed by atoms with Crippen LogP contribution in [0.25, 0.3) is 0 Å². The van der Waals surface area contributed by atoms with Gasteiger partial charge in [-0.15, -0.1) is 0 Å². The number of halogens is 2. The van der Waals surface area contributed by atoms with Gasteiger partial charge in [-0.1, -0.05) is 0 Å². The molecular formula is C13H18BrFN2O3S. The first-order valence-corrected chi connectivity index (χ1v) is 8.93. The summed E-state index contributed by atoms with van der Waals surface area (Å²) in [6.45, 7) is 5.36. The van der Waals surface area contributed by atoms with Gasteiger partial charge in [-0.05, 0) is 41.1 Å². The van der Waals surface area contributed by atoms with Crippen molar-refractivity contribution in [2.45, 2.75) is 17.9 Å². The first-order valence-electron chi connectivity index (χ1n) is 6.66. The van der Waals surface area contributed by atoms with Crippen molar-refractivity contribution in [3.63, 3.8) is 0 Å². The molecule has 0 saturated carbocycles. The topological polar surface area (TPSA) is 58.6 Å². The highest BCUT2D eigenvalue weighted by molar-refractivity contribution is 9.10. The van der Waals surface area contributed by atoms with Crippen molar-refractivity contribution in [2.24, 2.45) is 0 Å². The molecule has 2 rings (SSSR count). The number of morpholine rings is 1. The van der Waals surface area contributed by atoms with Gasteiger partial charge < -0.3 is 4.74 Å². The molecule has 1 heterocycles. The van der Waals surface area contributed by atoms with Crippen molar-refractivity contribution in [3.05, 3.63) is 28.5 Å². The number of ether oxygens (including phenoxy) is 1. The van der Waals surface area contributed by atoms with Crippen molar-refractivity contribution >= 4 is 26.0 Å². The second kappa shape index (κ2) is 7.15. The third-order valence-corrected chi connectivity index (χ3v) is 5.74. The Kier molecular flexibility index (Phi) is 5.73. The lowest BCUT2D eigenvalue weighted by molar-refractivity contribution is 0.0354. The van der Waals surface area contributed by atoms with Gasteiger partial charge in [0.25, 0.3) is 0 Å². The van der Waals surface area contributed by atoms with E-state index in [9.17, 15) is 12.8 Å². The Hall–Kier alpha value is -0.540. The molecule has 1 fully saturated rings. The quantitative estimate of drug-likeness (QED) is 0.842. The fourth-order valence-electron chi connectivity index (χ4n) is 2.23. The number of nitrogens with zero attached hydrogens (tertiary/aromatic N) is 1. The van der Waals surface area contributed by atoms with Crippen LogP contribution in [0.2, 0.25) is 0 Å². The second-order valence-corrected chi connectivity index (χ2v) is 7.55. The van der Waals surface area contributed by atoms with E-state index >= 15 is 0 Å². The molecule has 8 heteroatoms. The smallest absolute Gasteiger partial charge is 0.241 e. The molecule has 1 aromatic carbocycles. The van der Waals surface area contributed by atoms with Gasteiger partial charge in [0.2, 0.25) is 10.0 Å². The van der Waals surface area contributed by atoms with E-state index in [2.05, 4.69) is 25.6 Å². The summed E-state index contributed by atoms with van der Waals surface area (Å²) in [7, 11) is -3.68. The van der Waals surface area contributed by atoms with Gasteiger partial charge in [-0.2, -0.15) is 0 Å². The lowest BCUT2D eigenvalue weighted by atomic mass is 10.3. The number of nitrogens with one attached hydrogen (secondary N) is 1. The number of hydrogen-bond acceptors (Lipinski definition) is 4. The third-order valence-electron chi connectivity index (χ3n) is 3.18. The molecule has 0 amide bonds. The monoisotopic (exact) mass is 380 g/mol. The minimum atomic E-state index is -3.68. The van der Waals surface area contributed by atoms with Crippen LogP contribution in [0.15, 0.2) is 27.6 Å². The molecule has 118 valence electrons. The highest BCUT2D eigenvalue weighted by atomic mass is 79.9. The molecule has 1 atom stereocenters. The molecule has 0 aliphatic carbocycles. The molecule has 0 spiro atoms. The molecule has 1 unspecified atom stereocenters. The van der Waals surface area contributed by atoms with E-state index in [-0.39, 0.29) is 15.4 Å². The predicted molar refractivity (Wildman–Crippen MR) is 81.1 cm³/mol. The van der Waals surface area contributed by atoms with Gasteiger partial charge in [0, 0.05) is 30.1 Å². The standard InChI is InChI=1S/C13H18BrFN2O3S/c1-10(9-17-4-6-20-7-5-17)16-21(18,19)13-3-2-11(15)8-12(13)14/h2-3,8,10,16H,4-7,9H2,1H3. The fraction of sp³-hybridized carbons (Fsp3) is 0.538. The van der Waals surface area contributed by atoms with Crippen LogP contribution < -0.4 is 4.72 Å². The van der Waals surface area contributed by atoms with Gasteiger partial charge in [0.05, 0.1) is 18.1 Å². The molecule has 0 radical (unpaired) electrons. The highest BCUT2D eigenvalue weighted by Crippen LogP contribution is 2.22. The highest BCUT2D eigenvalue weighted by Gasteiger charge is 2.22. The van der Waals surface area contributed by atoms with E-state index in [1.54, 1.807) is 0 Å². The molecule has 0 bridgehead atoms. The zero-order valence-electron chi connectivity index (χ0n) is 11.7. The van der Waals surface area contributed by atoms with Crippen LogP contribution in [0, 0.1) is 5.82 Å². The zero-order valence-corrected chi connectivity index (χ0v) is 14.1. The summed E-state index contributed by atoms with van der Waals surface area (Å²) >= 11 is 3.09. The van der Waals surface area contributed by atoms with Crippen LogP contribution in [0.1, 0.15) is 6.92 Å². The minimum Gasteiger partial charge on any atom is -0.379 e. The molecule has 0 aromatic heterocycles. The molecule has 1 N–H and O–H groups in total. The second-order valence-electron chi connectivity index (χ2n) is 5.01. The fourth-order valence-corrected chi connectivity index (χ4v) is 4.51. The van der Waals surface area contributed by atoms with Crippen LogP contribution in [0.3, 0.4) is 0 Å². The van der Waals surface area contributed by atoms with E-state index in [4.69, 9.17) is 4.74 Å². The molecule has 1 aliphatic rings. The van der Waals surface area contributed by atoms with Crippen molar-refractivity contribution in [3.8, 4) is 0 Å². The Bertz CT molecular complexity index is 591. The van der Waals surface area contributed by atoms with Gasteiger partial charge in [0.15, 0.2) is 0 Å². The van der Waals surface area contributed by atoms with Crippen LogP contribution in [0.4, 0.5) is 4.39 Å². The van der Waals surface area contributed by atoms with Crippen LogP contribution in [0.5, 0.6) is 0 Å². The summed E-state index contributed by atoms with van der Waals surface area (Å²) in [6.07, 6.45) is 0. The molecule has 1 aromatic rings. The summed E-state index contributed by atoms with van der Waals surface area (Å²) in [6, 6.07) is 3.28. The maximum absolute atomic E-state index is 13.0. The minimum absolute atomic E-state index is 0.0396. The number of hydrogen-bond donors (Lipinski definition) is 1. The first-order chi connectivity index (χ1) is 9.88. The average Bonchev–Trinajstić information content (AvgIpc) is 2.38. The molecule has 1 saturated heterocycles. The summed E-state index contributed by atoms with van der Waals surface area (Å²) in [5.74, 6) is -0.484. The molecule has 21 heavy (non-hydrogen) atoms. The summed E-state index contributed by atoms with van der Waals surface area (Å²) in [5.41, 5.74) is 0. The molecular weight excluding hydrogens is 363 g/mol. The maximum atomic E-state index is 13.0.